The maximum atomic E-state index is 11.7. The van der Waals surface area contributed by atoms with E-state index in [9.17, 15) is 14.4 Å². The van der Waals surface area contributed by atoms with Gasteiger partial charge in [-0.2, -0.15) is 0 Å². The Morgan fingerprint density at radius 1 is 0.833 bits per heavy atom. The summed E-state index contributed by atoms with van der Waals surface area (Å²) in [5.74, 6) is -0.152. The van der Waals surface area contributed by atoms with Gasteiger partial charge in [0.15, 0.2) is 0 Å². The van der Waals surface area contributed by atoms with Gasteiger partial charge in [0, 0.05) is 0 Å². The van der Waals surface area contributed by atoms with Crippen molar-refractivity contribution < 1.29 is 23.9 Å². The third-order valence-corrected chi connectivity index (χ3v) is 4.00. The average Bonchev–Trinajstić information content (AvgIpc) is 3.28. The van der Waals surface area contributed by atoms with Gasteiger partial charge in [0.05, 0.1) is 25.2 Å². The summed E-state index contributed by atoms with van der Waals surface area (Å²) >= 11 is 0. The lowest BCUT2D eigenvalue weighted by Gasteiger charge is -2.12. The zero-order valence-electron chi connectivity index (χ0n) is 13.8. The van der Waals surface area contributed by atoms with Crippen LogP contribution in [-0.2, 0) is 19.1 Å². The molecule has 2 rings (SSSR count). The molecule has 0 radical (unpaired) electrons. The molecule has 24 heavy (non-hydrogen) atoms. The van der Waals surface area contributed by atoms with Gasteiger partial charge >= 0.3 is 6.16 Å². The van der Waals surface area contributed by atoms with Crippen molar-refractivity contribution in [3.05, 3.63) is 0 Å². The van der Waals surface area contributed by atoms with Gasteiger partial charge < -0.3 is 30.7 Å². The highest BCUT2D eigenvalue weighted by Crippen LogP contribution is 2.04. The van der Waals surface area contributed by atoms with E-state index in [4.69, 9.17) is 9.47 Å². The summed E-state index contributed by atoms with van der Waals surface area (Å²) in [6.07, 6.45) is 2.84. The quantitative estimate of drug-likeness (QED) is 0.326. The molecule has 0 spiro atoms. The lowest BCUT2D eigenvalue weighted by Crippen LogP contribution is -2.42. The lowest BCUT2D eigenvalue weighted by atomic mass is 10.2. The number of amides is 2. The lowest BCUT2D eigenvalue weighted by molar-refractivity contribution is -0.123. The molecule has 0 saturated carbocycles. The van der Waals surface area contributed by atoms with Crippen LogP contribution in [0, 0.1) is 0 Å². The number of rotatable bonds is 8. The zero-order valence-corrected chi connectivity index (χ0v) is 13.8. The Morgan fingerprint density at radius 3 is 1.67 bits per heavy atom. The molecule has 2 saturated heterocycles. The fraction of sp³-hybridized carbons (Fsp3) is 0.800. The monoisotopic (exact) mass is 342 g/mol. The van der Waals surface area contributed by atoms with Crippen LogP contribution < -0.4 is 21.3 Å². The summed E-state index contributed by atoms with van der Waals surface area (Å²) in [7, 11) is 0. The largest absolute Gasteiger partial charge is 0.508 e. The molecule has 0 bridgehead atoms. The summed E-state index contributed by atoms with van der Waals surface area (Å²) in [4.78, 5) is 34.7. The number of carbonyl (C=O) groups is 3. The van der Waals surface area contributed by atoms with Crippen molar-refractivity contribution in [3.63, 3.8) is 0 Å². The summed E-state index contributed by atoms with van der Waals surface area (Å²) in [5.41, 5.74) is 0. The van der Waals surface area contributed by atoms with E-state index in [-0.39, 0.29) is 50.2 Å². The molecule has 9 heteroatoms. The van der Waals surface area contributed by atoms with Crippen molar-refractivity contribution in [2.45, 2.75) is 37.8 Å². The second kappa shape index (κ2) is 10.1. The first-order chi connectivity index (χ1) is 11.7. The van der Waals surface area contributed by atoms with Crippen LogP contribution in [0.4, 0.5) is 4.79 Å². The number of nitrogens with one attached hydrogen (secondary N) is 4. The van der Waals surface area contributed by atoms with Crippen molar-refractivity contribution in [1.82, 2.24) is 21.3 Å². The maximum Gasteiger partial charge on any atom is 0.508 e. The number of hydrogen-bond donors (Lipinski definition) is 4. The number of ether oxygens (including phenoxy) is 2. The Morgan fingerprint density at radius 2 is 1.29 bits per heavy atom. The molecule has 2 unspecified atom stereocenters. The first kappa shape index (κ1) is 18.5. The van der Waals surface area contributed by atoms with Gasteiger partial charge in [0.25, 0.3) is 0 Å². The van der Waals surface area contributed by atoms with Crippen molar-refractivity contribution in [3.8, 4) is 0 Å². The van der Waals surface area contributed by atoms with Crippen LogP contribution in [0.15, 0.2) is 0 Å². The smallest absolute Gasteiger partial charge is 0.432 e. The molecular formula is C15H26N4O5. The molecule has 9 nitrogen and oxygen atoms in total. The predicted octanol–water partition coefficient (Wildman–Crippen LogP) is -1.12. The minimum atomic E-state index is -0.809. The maximum absolute atomic E-state index is 11.7. The molecule has 136 valence electrons. The topological polar surface area (TPSA) is 118 Å². The molecule has 4 N–H and O–H groups in total. The van der Waals surface area contributed by atoms with E-state index in [0.29, 0.717) is 0 Å². The third-order valence-electron chi connectivity index (χ3n) is 4.00. The van der Waals surface area contributed by atoms with Crippen LogP contribution in [0.1, 0.15) is 25.7 Å². The molecular weight excluding hydrogens is 316 g/mol. The summed E-state index contributed by atoms with van der Waals surface area (Å²) in [5, 5.41) is 11.6. The van der Waals surface area contributed by atoms with Crippen molar-refractivity contribution in [1.29, 1.82) is 0 Å². The summed E-state index contributed by atoms with van der Waals surface area (Å²) in [6, 6.07) is -0.287. The van der Waals surface area contributed by atoms with Gasteiger partial charge in [0.2, 0.25) is 11.8 Å². The predicted molar refractivity (Wildman–Crippen MR) is 85.4 cm³/mol. The van der Waals surface area contributed by atoms with Crippen LogP contribution in [0.25, 0.3) is 0 Å². The van der Waals surface area contributed by atoms with E-state index in [1.54, 1.807) is 0 Å². The Kier molecular flexibility index (Phi) is 7.76. The highest BCUT2D eigenvalue weighted by Gasteiger charge is 2.22. The Labute approximate surface area is 141 Å². The van der Waals surface area contributed by atoms with E-state index in [1.165, 1.54) is 0 Å². The van der Waals surface area contributed by atoms with E-state index in [1.807, 2.05) is 0 Å². The van der Waals surface area contributed by atoms with Gasteiger partial charge in [-0.25, -0.2) is 4.79 Å². The molecule has 2 amide bonds. The zero-order chi connectivity index (χ0) is 17.2. The fourth-order valence-electron chi connectivity index (χ4n) is 2.72. The van der Waals surface area contributed by atoms with E-state index >= 15 is 0 Å². The van der Waals surface area contributed by atoms with Crippen molar-refractivity contribution >= 4 is 18.0 Å². The Hall–Kier alpha value is -1.87. The second-order valence-electron chi connectivity index (χ2n) is 5.83. The molecule has 2 fully saturated rings. The minimum absolute atomic E-state index is 0.0512. The van der Waals surface area contributed by atoms with Crippen molar-refractivity contribution in [2.24, 2.45) is 0 Å². The van der Waals surface area contributed by atoms with Crippen LogP contribution in [-0.4, -0.2) is 69.4 Å². The molecule has 2 aliphatic rings. The molecule has 0 aromatic rings. The van der Waals surface area contributed by atoms with Crippen LogP contribution in [0.3, 0.4) is 0 Å². The van der Waals surface area contributed by atoms with E-state index < -0.39 is 6.16 Å². The SMILES string of the molecule is O=C(OCCNC(=O)C1CCCN1)OCCNC(=O)C1CCCN1. The van der Waals surface area contributed by atoms with Crippen LogP contribution >= 0.6 is 0 Å². The Bertz CT molecular complexity index is 396. The standard InChI is InChI=1S/C15H26N4O5/c20-13(11-3-1-5-16-11)18-7-9-23-15(22)24-10-8-19-14(21)12-4-2-6-17-12/h11-12,16-17H,1-10H2,(H,18,20)(H,19,21). The summed E-state index contributed by atoms with van der Waals surface area (Å²) in [6.45, 7) is 2.31. The summed E-state index contributed by atoms with van der Waals surface area (Å²) < 4.78 is 9.68. The van der Waals surface area contributed by atoms with Crippen LogP contribution in [0.5, 0.6) is 0 Å². The Balaban J connectivity index is 1.43. The van der Waals surface area contributed by atoms with E-state index in [0.717, 1.165) is 38.8 Å². The molecule has 2 heterocycles. The number of hydrogen-bond acceptors (Lipinski definition) is 7. The van der Waals surface area contributed by atoms with E-state index in [2.05, 4.69) is 21.3 Å². The third kappa shape index (κ3) is 6.32. The minimum Gasteiger partial charge on any atom is -0.432 e. The van der Waals surface area contributed by atoms with Gasteiger partial charge in [-0.15, -0.1) is 0 Å². The molecule has 2 atom stereocenters. The normalized spacial score (nSPS) is 22.8. The van der Waals surface area contributed by atoms with Gasteiger partial charge in [-0.3, -0.25) is 9.59 Å². The highest BCUT2D eigenvalue weighted by molar-refractivity contribution is 5.82. The first-order valence-corrected chi connectivity index (χ1v) is 8.48. The van der Waals surface area contributed by atoms with Crippen LogP contribution in [0.2, 0.25) is 0 Å². The second-order valence-corrected chi connectivity index (χ2v) is 5.83. The molecule has 0 aromatic carbocycles. The molecule has 2 aliphatic heterocycles. The van der Waals surface area contributed by atoms with Gasteiger partial charge in [-0.05, 0) is 38.8 Å². The molecule has 0 aliphatic carbocycles. The van der Waals surface area contributed by atoms with Gasteiger partial charge in [-0.1, -0.05) is 0 Å². The average molecular weight is 342 g/mol. The van der Waals surface area contributed by atoms with Crippen molar-refractivity contribution in [2.75, 3.05) is 39.4 Å². The first-order valence-electron chi connectivity index (χ1n) is 8.48. The highest BCUT2D eigenvalue weighted by atomic mass is 16.7. The molecule has 0 aromatic heterocycles. The van der Waals surface area contributed by atoms with Gasteiger partial charge in [0.1, 0.15) is 13.2 Å². The number of carbonyl (C=O) groups excluding carboxylic acids is 3. The fourth-order valence-corrected chi connectivity index (χ4v) is 2.72.